The van der Waals surface area contributed by atoms with Gasteiger partial charge in [-0.3, -0.25) is 14.4 Å². The molecule has 67 heavy (non-hydrogen) atoms. The van der Waals surface area contributed by atoms with Crippen molar-refractivity contribution in [2.75, 3.05) is 13.2 Å². The molecule has 390 valence electrons. The van der Waals surface area contributed by atoms with E-state index in [1.165, 1.54) is 199 Å². The van der Waals surface area contributed by atoms with Crippen LogP contribution >= 0.6 is 0 Å². The van der Waals surface area contributed by atoms with Crippen molar-refractivity contribution in [2.45, 2.75) is 309 Å². The van der Waals surface area contributed by atoms with Crippen molar-refractivity contribution in [2.24, 2.45) is 0 Å². The van der Waals surface area contributed by atoms with Gasteiger partial charge in [-0.15, -0.1) is 0 Å². The molecule has 0 saturated carbocycles. The fourth-order valence-corrected chi connectivity index (χ4v) is 8.40. The Morgan fingerprint density at radius 1 is 0.299 bits per heavy atom. The molecule has 0 radical (unpaired) electrons. The van der Waals surface area contributed by atoms with Crippen LogP contribution < -0.4 is 0 Å². The molecule has 0 unspecified atom stereocenters. The van der Waals surface area contributed by atoms with Gasteiger partial charge in [0, 0.05) is 19.3 Å². The van der Waals surface area contributed by atoms with Crippen molar-refractivity contribution in [3.63, 3.8) is 0 Å². The first kappa shape index (κ1) is 64.4. The topological polar surface area (TPSA) is 78.9 Å². The Balaban J connectivity index is 4.42. The van der Waals surface area contributed by atoms with E-state index in [0.29, 0.717) is 25.7 Å². The molecule has 0 saturated heterocycles. The van der Waals surface area contributed by atoms with Crippen LogP contribution in [0.2, 0.25) is 0 Å². The largest absolute Gasteiger partial charge is 0.462 e. The van der Waals surface area contributed by atoms with Crippen molar-refractivity contribution in [1.82, 2.24) is 0 Å². The molecule has 1 atom stereocenters. The monoisotopic (exact) mass is 939 g/mol. The van der Waals surface area contributed by atoms with E-state index in [1.54, 1.807) is 0 Å². The Morgan fingerprint density at radius 2 is 0.552 bits per heavy atom. The van der Waals surface area contributed by atoms with Crippen LogP contribution in [0, 0.1) is 0 Å². The minimum atomic E-state index is -0.792. The van der Waals surface area contributed by atoms with Crippen LogP contribution in [0.4, 0.5) is 0 Å². The molecule has 6 heteroatoms. The van der Waals surface area contributed by atoms with Gasteiger partial charge in [0.25, 0.3) is 0 Å². The number of hydrogen-bond acceptors (Lipinski definition) is 6. The van der Waals surface area contributed by atoms with Crippen LogP contribution in [-0.2, 0) is 28.6 Å². The Labute approximate surface area is 416 Å². The van der Waals surface area contributed by atoms with E-state index in [4.69, 9.17) is 14.2 Å². The van der Waals surface area contributed by atoms with Gasteiger partial charge in [-0.2, -0.15) is 0 Å². The minimum Gasteiger partial charge on any atom is -0.462 e. The van der Waals surface area contributed by atoms with Crippen molar-refractivity contribution in [3.8, 4) is 0 Å². The lowest BCUT2D eigenvalue weighted by Gasteiger charge is -2.18. The second-order valence-corrected chi connectivity index (χ2v) is 19.6. The summed E-state index contributed by atoms with van der Waals surface area (Å²) in [5.74, 6) is -0.931. The molecule has 0 aromatic carbocycles. The molecule has 0 bridgehead atoms. The zero-order chi connectivity index (χ0) is 48.6. The molecule has 0 aliphatic carbocycles. The maximum absolute atomic E-state index is 12.9. The second kappa shape index (κ2) is 56.0. The van der Waals surface area contributed by atoms with Gasteiger partial charge in [0.2, 0.25) is 0 Å². The Hall–Kier alpha value is -2.63. The van der Waals surface area contributed by atoms with Crippen LogP contribution in [0.1, 0.15) is 303 Å². The first-order valence-electron chi connectivity index (χ1n) is 29.1. The van der Waals surface area contributed by atoms with Crippen molar-refractivity contribution in [1.29, 1.82) is 0 Å². The fraction of sp³-hybridized carbons (Fsp3) is 0.820. The van der Waals surface area contributed by atoms with E-state index < -0.39 is 6.10 Å². The number of carbonyl (C=O) groups is 3. The number of unbranched alkanes of at least 4 members (excludes halogenated alkanes) is 34. The average Bonchev–Trinajstić information content (AvgIpc) is 3.33. The highest BCUT2D eigenvalue weighted by molar-refractivity contribution is 5.71. The molecule has 0 aliphatic rings. The lowest BCUT2D eigenvalue weighted by atomic mass is 10.0. The zero-order valence-electron chi connectivity index (χ0n) is 44.7. The first-order valence-corrected chi connectivity index (χ1v) is 29.1. The van der Waals surface area contributed by atoms with E-state index in [0.717, 1.165) is 57.8 Å². The minimum absolute atomic E-state index is 0.0880. The van der Waals surface area contributed by atoms with Crippen LogP contribution in [0.3, 0.4) is 0 Å². The summed E-state index contributed by atoms with van der Waals surface area (Å²) >= 11 is 0. The SMILES string of the molecule is CCCCCC/C=C\CCCCCCCCCC(=O)OC[C@@H](COC(=O)CCC/C=C\C/C=C\C/C=C\CCCCCCCC)OC(=O)CCCCCCCCCCCCCCCCCCC. The highest BCUT2D eigenvalue weighted by Gasteiger charge is 2.19. The molecule has 0 aliphatic heterocycles. The van der Waals surface area contributed by atoms with Gasteiger partial charge in [0.15, 0.2) is 6.10 Å². The van der Waals surface area contributed by atoms with E-state index in [-0.39, 0.29) is 31.1 Å². The highest BCUT2D eigenvalue weighted by Crippen LogP contribution is 2.16. The van der Waals surface area contributed by atoms with Gasteiger partial charge < -0.3 is 14.2 Å². The smallest absolute Gasteiger partial charge is 0.306 e. The van der Waals surface area contributed by atoms with Crippen molar-refractivity contribution >= 4 is 17.9 Å². The first-order chi connectivity index (χ1) is 33.0. The molecular formula is C61H110O6. The van der Waals surface area contributed by atoms with E-state index in [1.807, 2.05) is 0 Å². The molecule has 0 amide bonds. The van der Waals surface area contributed by atoms with Crippen molar-refractivity contribution in [3.05, 3.63) is 48.6 Å². The summed E-state index contributed by atoms with van der Waals surface area (Å²) in [7, 11) is 0. The van der Waals surface area contributed by atoms with Gasteiger partial charge in [-0.1, -0.05) is 256 Å². The van der Waals surface area contributed by atoms with Gasteiger partial charge >= 0.3 is 17.9 Å². The van der Waals surface area contributed by atoms with E-state index >= 15 is 0 Å². The summed E-state index contributed by atoms with van der Waals surface area (Å²) in [4.78, 5) is 38.1. The number of carbonyl (C=O) groups excluding carboxylic acids is 3. The molecule has 0 aromatic heterocycles. The third-order valence-electron chi connectivity index (χ3n) is 12.8. The normalized spacial score (nSPS) is 12.3. The Kier molecular flexibility index (Phi) is 53.8. The molecule has 0 rings (SSSR count). The van der Waals surface area contributed by atoms with Gasteiger partial charge in [-0.05, 0) is 77.0 Å². The summed E-state index contributed by atoms with van der Waals surface area (Å²) in [5, 5.41) is 0. The number of rotatable bonds is 53. The molecule has 0 spiro atoms. The number of hydrogen-bond donors (Lipinski definition) is 0. The molecule has 0 heterocycles. The standard InChI is InChI=1S/C61H110O6/c1-4-7-10-13-16-19-22-25-28-30-33-36-39-42-45-48-51-54-60(63)66-57-58(56-65-59(62)53-50-47-44-41-38-35-32-27-24-21-18-15-12-9-6-3)67-61(64)55-52-49-46-43-40-37-34-31-29-26-23-20-17-14-11-8-5-2/h21,24-25,28,33,36,42,45,58H,4-20,22-23,26-27,29-32,34-35,37-41,43-44,46-57H2,1-3H3/b24-21-,28-25-,36-33-,45-42-/t58-/m0/s1. The maximum Gasteiger partial charge on any atom is 0.306 e. The van der Waals surface area contributed by atoms with Crippen LogP contribution in [0.25, 0.3) is 0 Å². The summed E-state index contributed by atoms with van der Waals surface area (Å²) in [6.45, 7) is 6.61. The third-order valence-corrected chi connectivity index (χ3v) is 12.8. The quantitative estimate of drug-likeness (QED) is 0.0262. The van der Waals surface area contributed by atoms with Crippen LogP contribution in [-0.4, -0.2) is 37.2 Å². The fourth-order valence-electron chi connectivity index (χ4n) is 8.40. The second-order valence-electron chi connectivity index (χ2n) is 19.6. The highest BCUT2D eigenvalue weighted by atomic mass is 16.6. The Morgan fingerprint density at radius 3 is 0.925 bits per heavy atom. The predicted molar refractivity (Wildman–Crippen MR) is 289 cm³/mol. The summed E-state index contributed by atoms with van der Waals surface area (Å²) in [6, 6.07) is 0. The third kappa shape index (κ3) is 54.2. The van der Waals surface area contributed by atoms with Crippen molar-refractivity contribution < 1.29 is 28.6 Å². The molecule has 0 N–H and O–H groups in total. The lowest BCUT2D eigenvalue weighted by Crippen LogP contribution is -2.30. The average molecular weight is 940 g/mol. The van der Waals surface area contributed by atoms with Gasteiger partial charge in [0.1, 0.15) is 13.2 Å². The zero-order valence-corrected chi connectivity index (χ0v) is 44.7. The Bertz CT molecular complexity index is 1170. The van der Waals surface area contributed by atoms with Crippen LogP contribution in [0.5, 0.6) is 0 Å². The van der Waals surface area contributed by atoms with E-state index in [9.17, 15) is 14.4 Å². The van der Waals surface area contributed by atoms with E-state index in [2.05, 4.69) is 69.4 Å². The summed E-state index contributed by atoms with van der Waals surface area (Å²) < 4.78 is 16.8. The molecular weight excluding hydrogens is 829 g/mol. The summed E-state index contributed by atoms with van der Waals surface area (Å²) in [6.07, 6.45) is 68.2. The molecule has 6 nitrogen and oxygen atoms in total. The number of esters is 3. The maximum atomic E-state index is 12.9. The lowest BCUT2D eigenvalue weighted by molar-refractivity contribution is -0.167. The molecule has 0 aromatic rings. The number of ether oxygens (including phenoxy) is 3. The van der Waals surface area contributed by atoms with Crippen LogP contribution in [0.15, 0.2) is 48.6 Å². The summed E-state index contributed by atoms with van der Waals surface area (Å²) in [5.41, 5.74) is 0. The van der Waals surface area contributed by atoms with Gasteiger partial charge in [0.05, 0.1) is 0 Å². The number of allylic oxidation sites excluding steroid dienone is 8. The van der Waals surface area contributed by atoms with Gasteiger partial charge in [-0.25, -0.2) is 0 Å². The predicted octanol–water partition coefficient (Wildman–Crippen LogP) is 19.4. The molecule has 0 fully saturated rings.